The molecule has 0 saturated carbocycles. The molecule has 0 aliphatic rings. The van der Waals surface area contributed by atoms with Crippen molar-refractivity contribution in [1.29, 1.82) is 0 Å². The zero-order valence-corrected chi connectivity index (χ0v) is 15.4. The molecule has 0 radical (unpaired) electrons. The van der Waals surface area contributed by atoms with Gasteiger partial charge in [0.1, 0.15) is 0 Å². The van der Waals surface area contributed by atoms with Crippen LogP contribution in [0.25, 0.3) is 6.08 Å². The van der Waals surface area contributed by atoms with E-state index >= 15 is 0 Å². The monoisotopic (exact) mass is 374 g/mol. The molecule has 0 spiro atoms. The molecule has 0 aliphatic carbocycles. The van der Waals surface area contributed by atoms with Gasteiger partial charge in [-0.25, -0.2) is 4.79 Å². The molecule has 0 saturated heterocycles. The second kappa shape index (κ2) is 9.06. The number of esters is 1. The molecular weight excluding hydrogens is 356 g/mol. The number of hydrogen-bond donors (Lipinski definition) is 0. The number of carbonyl (C=O) groups excluding carboxylic acids is 2. The van der Waals surface area contributed by atoms with Crippen LogP contribution in [0.4, 0.5) is 0 Å². The molecule has 2 aromatic carbocycles. The van der Waals surface area contributed by atoms with Gasteiger partial charge >= 0.3 is 5.97 Å². The minimum Gasteiger partial charge on any atom is -0.493 e. The maximum atomic E-state index is 12.2. The Bertz CT molecular complexity index is 811. The second-order valence-electron chi connectivity index (χ2n) is 5.40. The Kier molecular flexibility index (Phi) is 6.81. The number of ketones is 1. The predicted molar refractivity (Wildman–Crippen MR) is 99.9 cm³/mol. The summed E-state index contributed by atoms with van der Waals surface area (Å²) in [7, 11) is 3.08. The molecule has 2 aromatic rings. The van der Waals surface area contributed by atoms with E-state index in [0.29, 0.717) is 22.1 Å². The Balaban J connectivity index is 2.00. The molecule has 26 heavy (non-hydrogen) atoms. The van der Waals surface area contributed by atoms with E-state index in [-0.39, 0.29) is 5.78 Å². The Morgan fingerprint density at radius 1 is 1.00 bits per heavy atom. The highest BCUT2D eigenvalue weighted by Crippen LogP contribution is 2.28. The number of carbonyl (C=O) groups is 2. The first kappa shape index (κ1) is 19.5. The Morgan fingerprint density at radius 3 is 2.27 bits per heavy atom. The molecule has 6 heteroatoms. The van der Waals surface area contributed by atoms with Crippen LogP contribution in [0.15, 0.2) is 48.5 Å². The van der Waals surface area contributed by atoms with E-state index < -0.39 is 12.1 Å². The molecule has 136 valence electrons. The lowest BCUT2D eigenvalue weighted by Crippen LogP contribution is -2.23. The summed E-state index contributed by atoms with van der Waals surface area (Å²) in [6, 6.07) is 11.6. The van der Waals surface area contributed by atoms with Crippen LogP contribution in [-0.2, 0) is 9.53 Å². The SMILES string of the molecule is COc1ccc(/C=C/C(=O)O[C@H](C)C(=O)c2ccc(Cl)cc2)cc1OC. The summed E-state index contributed by atoms with van der Waals surface area (Å²) in [5.74, 6) is 0.229. The summed E-state index contributed by atoms with van der Waals surface area (Å²) in [5, 5.41) is 0.532. The molecule has 0 bridgehead atoms. The van der Waals surface area contributed by atoms with Crippen LogP contribution in [0.3, 0.4) is 0 Å². The lowest BCUT2D eigenvalue weighted by atomic mass is 10.1. The highest BCUT2D eigenvalue weighted by Gasteiger charge is 2.18. The number of rotatable bonds is 7. The molecule has 0 aromatic heterocycles. The minimum absolute atomic E-state index is 0.297. The van der Waals surface area contributed by atoms with E-state index in [1.54, 1.807) is 55.7 Å². The third kappa shape index (κ3) is 5.10. The second-order valence-corrected chi connectivity index (χ2v) is 5.83. The third-order valence-electron chi connectivity index (χ3n) is 3.61. The van der Waals surface area contributed by atoms with Crippen molar-refractivity contribution in [3.63, 3.8) is 0 Å². The molecule has 0 N–H and O–H groups in total. The van der Waals surface area contributed by atoms with E-state index in [1.165, 1.54) is 20.1 Å². The number of halogens is 1. The largest absolute Gasteiger partial charge is 0.493 e. The summed E-state index contributed by atoms with van der Waals surface area (Å²) in [5.41, 5.74) is 1.16. The normalized spacial score (nSPS) is 11.8. The molecule has 0 amide bonds. The summed E-state index contributed by atoms with van der Waals surface area (Å²) in [6.45, 7) is 1.53. The van der Waals surface area contributed by atoms with Crippen molar-refractivity contribution < 1.29 is 23.8 Å². The Labute approximate surface area is 157 Å². The van der Waals surface area contributed by atoms with Gasteiger partial charge in [0.2, 0.25) is 5.78 Å². The zero-order chi connectivity index (χ0) is 19.1. The fourth-order valence-corrected chi connectivity index (χ4v) is 2.36. The summed E-state index contributed by atoms with van der Waals surface area (Å²) < 4.78 is 15.5. The van der Waals surface area contributed by atoms with Crippen molar-refractivity contribution in [2.75, 3.05) is 14.2 Å². The first-order valence-electron chi connectivity index (χ1n) is 7.85. The van der Waals surface area contributed by atoms with Crippen molar-refractivity contribution in [1.82, 2.24) is 0 Å². The van der Waals surface area contributed by atoms with Crippen molar-refractivity contribution in [2.24, 2.45) is 0 Å². The average molecular weight is 375 g/mol. The van der Waals surface area contributed by atoms with Gasteiger partial charge in [-0.15, -0.1) is 0 Å². The van der Waals surface area contributed by atoms with E-state index in [4.69, 9.17) is 25.8 Å². The number of ether oxygens (including phenoxy) is 3. The molecule has 2 rings (SSSR count). The maximum Gasteiger partial charge on any atom is 0.331 e. The topological polar surface area (TPSA) is 61.8 Å². The quantitative estimate of drug-likeness (QED) is 0.413. The lowest BCUT2D eigenvalue weighted by molar-refractivity contribution is -0.140. The van der Waals surface area contributed by atoms with E-state index in [0.717, 1.165) is 5.56 Å². The highest BCUT2D eigenvalue weighted by atomic mass is 35.5. The van der Waals surface area contributed by atoms with Crippen LogP contribution in [0.2, 0.25) is 5.02 Å². The number of methoxy groups -OCH3 is 2. The molecular formula is C20H19ClO5. The Hall–Kier alpha value is -2.79. The first-order valence-corrected chi connectivity index (χ1v) is 8.23. The highest BCUT2D eigenvalue weighted by molar-refractivity contribution is 6.30. The zero-order valence-electron chi connectivity index (χ0n) is 14.7. The number of Topliss-reactive ketones (excluding diaryl/α,β-unsaturated/α-hetero) is 1. The van der Waals surface area contributed by atoms with Gasteiger partial charge in [0.15, 0.2) is 17.6 Å². The molecule has 0 aliphatic heterocycles. The van der Waals surface area contributed by atoms with Gasteiger partial charge in [-0.2, -0.15) is 0 Å². The van der Waals surface area contributed by atoms with Crippen LogP contribution in [0.1, 0.15) is 22.8 Å². The van der Waals surface area contributed by atoms with Crippen LogP contribution >= 0.6 is 11.6 Å². The predicted octanol–water partition coefficient (Wildman–Crippen LogP) is 4.19. The van der Waals surface area contributed by atoms with Gasteiger partial charge in [0, 0.05) is 16.7 Å². The van der Waals surface area contributed by atoms with Gasteiger partial charge in [-0.1, -0.05) is 17.7 Å². The number of benzene rings is 2. The summed E-state index contributed by atoms with van der Waals surface area (Å²) in [6.07, 6.45) is 1.93. The van der Waals surface area contributed by atoms with Gasteiger partial charge < -0.3 is 14.2 Å². The van der Waals surface area contributed by atoms with Gasteiger partial charge in [0.25, 0.3) is 0 Å². The molecule has 0 heterocycles. The van der Waals surface area contributed by atoms with Crippen LogP contribution in [0, 0.1) is 0 Å². The molecule has 0 unspecified atom stereocenters. The van der Waals surface area contributed by atoms with Gasteiger partial charge in [-0.05, 0) is 55.0 Å². The summed E-state index contributed by atoms with van der Waals surface area (Å²) in [4.78, 5) is 24.2. The molecule has 1 atom stereocenters. The lowest BCUT2D eigenvalue weighted by Gasteiger charge is -2.11. The minimum atomic E-state index is -0.904. The average Bonchev–Trinajstić information content (AvgIpc) is 2.66. The van der Waals surface area contributed by atoms with Crippen molar-refractivity contribution in [3.05, 3.63) is 64.7 Å². The molecule has 0 fully saturated rings. The van der Waals surface area contributed by atoms with Crippen LogP contribution in [0.5, 0.6) is 11.5 Å². The molecule has 5 nitrogen and oxygen atoms in total. The van der Waals surface area contributed by atoms with Gasteiger partial charge in [0.05, 0.1) is 14.2 Å². The van der Waals surface area contributed by atoms with E-state index in [9.17, 15) is 9.59 Å². The van der Waals surface area contributed by atoms with Crippen molar-refractivity contribution in [3.8, 4) is 11.5 Å². The fourth-order valence-electron chi connectivity index (χ4n) is 2.24. The van der Waals surface area contributed by atoms with E-state index in [1.807, 2.05) is 0 Å². The van der Waals surface area contributed by atoms with Gasteiger partial charge in [-0.3, -0.25) is 4.79 Å². The third-order valence-corrected chi connectivity index (χ3v) is 3.86. The smallest absolute Gasteiger partial charge is 0.331 e. The maximum absolute atomic E-state index is 12.2. The number of hydrogen-bond acceptors (Lipinski definition) is 5. The van der Waals surface area contributed by atoms with Crippen LogP contribution < -0.4 is 9.47 Å². The Morgan fingerprint density at radius 2 is 1.65 bits per heavy atom. The van der Waals surface area contributed by atoms with Crippen molar-refractivity contribution >= 4 is 29.4 Å². The standard InChI is InChI=1S/C20H19ClO5/c1-13(20(23)15-6-8-16(21)9-7-15)26-19(22)11-5-14-4-10-17(24-2)18(12-14)25-3/h4-13H,1-3H3/b11-5+/t13-/m1/s1. The van der Waals surface area contributed by atoms with Crippen molar-refractivity contribution in [2.45, 2.75) is 13.0 Å². The van der Waals surface area contributed by atoms with Crippen LogP contribution in [-0.4, -0.2) is 32.1 Å². The fraction of sp³-hybridized carbons (Fsp3) is 0.200. The van der Waals surface area contributed by atoms with E-state index in [2.05, 4.69) is 0 Å². The first-order chi connectivity index (χ1) is 12.4. The summed E-state index contributed by atoms with van der Waals surface area (Å²) >= 11 is 5.80.